The van der Waals surface area contributed by atoms with Crippen LogP contribution in [0.3, 0.4) is 0 Å². The third-order valence-corrected chi connectivity index (χ3v) is 2.68. The predicted molar refractivity (Wildman–Crippen MR) is 46.2 cm³/mol. The highest BCUT2D eigenvalue weighted by atomic mass is 28.2. The normalized spacial score (nSPS) is 10.7. The summed E-state index contributed by atoms with van der Waals surface area (Å²) in [6.07, 6.45) is 0.950. The fourth-order valence-corrected chi connectivity index (χ4v) is 1.57. The van der Waals surface area contributed by atoms with E-state index in [1.807, 2.05) is 6.92 Å². The van der Waals surface area contributed by atoms with Gasteiger partial charge < -0.3 is 9.16 Å². The molecule has 0 heterocycles. The first-order valence-electron chi connectivity index (χ1n) is 3.98. The summed E-state index contributed by atoms with van der Waals surface area (Å²) in [5.41, 5.74) is 0. The number of ether oxygens (including phenoxy) is 1. The monoisotopic (exact) mass is 176 g/mol. The minimum atomic E-state index is -0.325. The van der Waals surface area contributed by atoms with Crippen molar-refractivity contribution in [3.8, 4) is 0 Å². The molecule has 0 aromatic heterocycles. The Kier molecular flexibility index (Phi) is 7.50. The van der Waals surface area contributed by atoms with Crippen molar-refractivity contribution in [2.75, 3.05) is 13.2 Å². The first-order chi connectivity index (χ1) is 5.27. The van der Waals surface area contributed by atoms with E-state index in [2.05, 4.69) is 0 Å². The van der Waals surface area contributed by atoms with Crippen molar-refractivity contribution >= 4 is 15.7 Å². The van der Waals surface area contributed by atoms with Crippen LogP contribution in [0.25, 0.3) is 0 Å². The van der Waals surface area contributed by atoms with Crippen LogP contribution in [-0.4, -0.2) is 28.9 Å². The summed E-state index contributed by atoms with van der Waals surface area (Å²) in [5, 5.41) is 0. The molecule has 0 aromatic carbocycles. The summed E-state index contributed by atoms with van der Waals surface area (Å²) in [5.74, 6) is -0.192. The molecule has 0 radical (unpaired) electrons. The summed E-state index contributed by atoms with van der Waals surface area (Å²) < 4.78 is 9.99. The SMILES string of the molecule is CCO[SiH2]CCCOC(C)=O. The smallest absolute Gasteiger partial charge is 0.302 e. The quantitative estimate of drug-likeness (QED) is 0.335. The zero-order valence-electron chi connectivity index (χ0n) is 7.26. The van der Waals surface area contributed by atoms with E-state index < -0.39 is 0 Å². The van der Waals surface area contributed by atoms with Crippen molar-refractivity contribution in [1.29, 1.82) is 0 Å². The summed E-state index contributed by atoms with van der Waals surface area (Å²) in [7, 11) is -0.325. The number of hydrogen-bond acceptors (Lipinski definition) is 3. The van der Waals surface area contributed by atoms with Crippen LogP contribution >= 0.6 is 0 Å². The van der Waals surface area contributed by atoms with Crippen LogP contribution < -0.4 is 0 Å². The lowest BCUT2D eigenvalue weighted by Crippen LogP contribution is -2.03. The van der Waals surface area contributed by atoms with Gasteiger partial charge in [0.2, 0.25) is 0 Å². The molecule has 0 amide bonds. The molecule has 66 valence electrons. The highest BCUT2D eigenvalue weighted by Gasteiger charge is 1.92. The molecular formula is C7H16O3Si. The van der Waals surface area contributed by atoms with Gasteiger partial charge in [0.05, 0.1) is 6.61 Å². The van der Waals surface area contributed by atoms with Crippen molar-refractivity contribution in [3.05, 3.63) is 0 Å². The van der Waals surface area contributed by atoms with Crippen molar-refractivity contribution < 1.29 is 14.0 Å². The summed E-state index contributed by atoms with van der Waals surface area (Å²) >= 11 is 0. The Morgan fingerprint density at radius 1 is 1.55 bits per heavy atom. The lowest BCUT2D eigenvalue weighted by molar-refractivity contribution is -0.140. The number of rotatable bonds is 6. The second-order valence-corrected chi connectivity index (χ2v) is 3.77. The summed E-state index contributed by atoms with van der Waals surface area (Å²) in [6, 6.07) is 1.10. The van der Waals surface area contributed by atoms with Gasteiger partial charge in [0.25, 0.3) is 0 Å². The van der Waals surface area contributed by atoms with Gasteiger partial charge in [0, 0.05) is 13.5 Å². The Labute approximate surface area is 70.0 Å². The second kappa shape index (κ2) is 7.75. The fourth-order valence-electron chi connectivity index (χ4n) is 0.666. The molecule has 0 atom stereocenters. The molecule has 3 nitrogen and oxygen atoms in total. The van der Waals surface area contributed by atoms with E-state index in [-0.39, 0.29) is 15.7 Å². The van der Waals surface area contributed by atoms with E-state index >= 15 is 0 Å². The van der Waals surface area contributed by atoms with Gasteiger partial charge in [-0.25, -0.2) is 0 Å². The molecule has 0 fully saturated rings. The van der Waals surface area contributed by atoms with Gasteiger partial charge >= 0.3 is 5.97 Å². The zero-order chi connectivity index (χ0) is 8.53. The summed E-state index contributed by atoms with van der Waals surface area (Å²) in [4.78, 5) is 10.3. The van der Waals surface area contributed by atoms with Crippen molar-refractivity contribution in [2.24, 2.45) is 0 Å². The van der Waals surface area contributed by atoms with Crippen LogP contribution in [0.15, 0.2) is 0 Å². The van der Waals surface area contributed by atoms with E-state index in [0.29, 0.717) is 6.61 Å². The van der Waals surface area contributed by atoms with Crippen molar-refractivity contribution in [2.45, 2.75) is 26.3 Å². The van der Waals surface area contributed by atoms with Gasteiger partial charge in [0.1, 0.15) is 0 Å². The maximum Gasteiger partial charge on any atom is 0.302 e. The lowest BCUT2D eigenvalue weighted by Gasteiger charge is -2.00. The van der Waals surface area contributed by atoms with Crippen LogP contribution in [0, 0.1) is 0 Å². The largest absolute Gasteiger partial charge is 0.466 e. The Balaban J connectivity index is 2.85. The van der Waals surface area contributed by atoms with E-state index in [4.69, 9.17) is 9.16 Å². The minimum absolute atomic E-state index is 0.192. The van der Waals surface area contributed by atoms with Gasteiger partial charge in [0.15, 0.2) is 9.76 Å². The Morgan fingerprint density at radius 3 is 2.82 bits per heavy atom. The molecule has 0 spiro atoms. The van der Waals surface area contributed by atoms with E-state index in [9.17, 15) is 4.79 Å². The number of carbonyl (C=O) groups excluding carboxylic acids is 1. The Hall–Kier alpha value is -0.353. The maximum atomic E-state index is 10.3. The maximum absolute atomic E-state index is 10.3. The van der Waals surface area contributed by atoms with Crippen LogP contribution in [0.5, 0.6) is 0 Å². The molecule has 0 saturated heterocycles. The Morgan fingerprint density at radius 2 is 2.27 bits per heavy atom. The number of carbonyl (C=O) groups is 1. The molecule has 0 rings (SSSR count). The van der Waals surface area contributed by atoms with Gasteiger partial charge in [-0.2, -0.15) is 0 Å². The highest BCUT2D eigenvalue weighted by molar-refractivity contribution is 6.26. The summed E-state index contributed by atoms with van der Waals surface area (Å²) in [6.45, 7) is 4.80. The average molecular weight is 176 g/mol. The Bertz CT molecular complexity index is 106. The van der Waals surface area contributed by atoms with E-state index in [1.165, 1.54) is 6.92 Å². The molecule has 0 unspecified atom stereocenters. The third kappa shape index (κ3) is 9.65. The van der Waals surface area contributed by atoms with E-state index in [0.717, 1.165) is 19.1 Å². The standard InChI is InChI=1S/C7H16O3Si/c1-3-10-11-6-4-5-9-7(2)8/h3-6,11H2,1-2H3. The third-order valence-electron chi connectivity index (χ3n) is 1.19. The number of hydrogen-bond donors (Lipinski definition) is 0. The van der Waals surface area contributed by atoms with Crippen molar-refractivity contribution in [3.63, 3.8) is 0 Å². The molecule has 0 N–H and O–H groups in total. The van der Waals surface area contributed by atoms with Gasteiger partial charge in [-0.3, -0.25) is 4.79 Å². The molecule has 0 aliphatic rings. The molecule has 0 aromatic rings. The predicted octanol–water partition coefficient (Wildman–Crippen LogP) is 0.478. The first-order valence-corrected chi connectivity index (χ1v) is 5.56. The first kappa shape index (κ1) is 10.6. The fraction of sp³-hybridized carbons (Fsp3) is 0.857. The molecule has 4 heteroatoms. The molecule has 0 saturated carbocycles. The van der Waals surface area contributed by atoms with Crippen molar-refractivity contribution in [1.82, 2.24) is 0 Å². The van der Waals surface area contributed by atoms with Crippen LogP contribution in [-0.2, 0) is 14.0 Å². The average Bonchev–Trinajstić information content (AvgIpc) is 1.96. The van der Waals surface area contributed by atoms with Gasteiger partial charge in [-0.15, -0.1) is 0 Å². The van der Waals surface area contributed by atoms with Crippen LogP contribution in [0.1, 0.15) is 20.3 Å². The highest BCUT2D eigenvalue weighted by Crippen LogP contribution is 1.90. The lowest BCUT2D eigenvalue weighted by atomic mass is 10.5. The molecule has 0 bridgehead atoms. The minimum Gasteiger partial charge on any atom is -0.466 e. The topological polar surface area (TPSA) is 35.5 Å². The molecule has 0 aliphatic heterocycles. The molecule has 11 heavy (non-hydrogen) atoms. The molecular weight excluding hydrogens is 160 g/mol. The van der Waals surface area contributed by atoms with Gasteiger partial charge in [-0.1, -0.05) is 0 Å². The van der Waals surface area contributed by atoms with Gasteiger partial charge in [-0.05, 0) is 19.4 Å². The van der Waals surface area contributed by atoms with Crippen LogP contribution in [0.4, 0.5) is 0 Å². The van der Waals surface area contributed by atoms with E-state index in [1.54, 1.807) is 0 Å². The zero-order valence-corrected chi connectivity index (χ0v) is 8.67. The van der Waals surface area contributed by atoms with Crippen LogP contribution in [0.2, 0.25) is 6.04 Å². The number of esters is 1. The second-order valence-electron chi connectivity index (χ2n) is 2.24. The molecule has 0 aliphatic carbocycles.